The van der Waals surface area contributed by atoms with E-state index in [9.17, 15) is 4.79 Å². The molecule has 124 valence electrons. The summed E-state index contributed by atoms with van der Waals surface area (Å²) in [5.41, 5.74) is 4.78. The van der Waals surface area contributed by atoms with Crippen molar-refractivity contribution >= 4 is 28.6 Å². The number of aliphatic carboxylic acids is 1. The first kappa shape index (κ1) is 16.5. The standard InChI is InChI=1S/C22H19NO2/c1-17(16-22(24)25)18-12-14-21(15-13-18)23(19-8-4-2-5-9-19)20-10-6-3-7-11-20/h2-16H,1H3,(H,24,25). The average Bonchev–Trinajstić information content (AvgIpc) is 2.64. The normalized spacial score (nSPS) is 11.2. The Morgan fingerprint density at radius 3 is 1.64 bits per heavy atom. The smallest absolute Gasteiger partial charge is 0.328 e. The topological polar surface area (TPSA) is 40.5 Å². The maximum absolute atomic E-state index is 10.8. The van der Waals surface area contributed by atoms with Crippen molar-refractivity contribution in [3.63, 3.8) is 0 Å². The van der Waals surface area contributed by atoms with Gasteiger partial charge in [-0.2, -0.15) is 0 Å². The molecule has 25 heavy (non-hydrogen) atoms. The monoisotopic (exact) mass is 329 g/mol. The lowest BCUT2D eigenvalue weighted by molar-refractivity contribution is -0.131. The van der Waals surface area contributed by atoms with Gasteiger partial charge in [-0.15, -0.1) is 0 Å². The van der Waals surface area contributed by atoms with Gasteiger partial charge in [-0.1, -0.05) is 48.5 Å². The van der Waals surface area contributed by atoms with Crippen molar-refractivity contribution in [2.24, 2.45) is 0 Å². The second-order valence-electron chi connectivity index (χ2n) is 5.72. The summed E-state index contributed by atoms with van der Waals surface area (Å²) in [6, 6.07) is 28.2. The van der Waals surface area contributed by atoms with Gasteiger partial charge in [0.25, 0.3) is 0 Å². The number of hydrogen-bond acceptors (Lipinski definition) is 2. The number of anilines is 3. The largest absolute Gasteiger partial charge is 0.478 e. The Balaban J connectivity index is 2.01. The molecule has 3 rings (SSSR count). The molecule has 1 N–H and O–H groups in total. The Morgan fingerprint density at radius 2 is 1.20 bits per heavy atom. The van der Waals surface area contributed by atoms with Crippen molar-refractivity contribution in [3.05, 3.63) is 96.6 Å². The number of carboxylic acid groups (broad SMARTS) is 1. The van der Waals surface area contributed by atoms with Gasteiger partial charge >= 0.3 is 5.97 Å². The molecule has 0 spiro atoms. The molecule has 3 aromatic rings. The summed E-state index contributed by atoms with van der Waals surface area (Å²) in [6.07, 6.45) is 1.22. The third-order valence-corrected chi connectivity index (χ3v) is 3.95. The van der Waals surface area contributed by atoms with Crippen molar-refractivity contribution < 1.29 is 9.90 Å². The molecule has 3 heteroatoms. The molecule has 0 aliphatic carbocycles. The van der Waals surface area contributed by atoms with E-state index in [1.165, 1.54) is 6.08 Å². The summed E-state index contributed by atoms with van der Waals surface area (Å²) in [4.78, 5) is 13.0. The predicted octanol–water partition coefficient (Wildman–Crippen LogP) is 5.64. The van der Waals surface area contributed by atoms with E-state index in [4.69, 9.17) is 5.11 Å². The molecule has 3 nitrogen and oxygen atoms in total. The molecule has 0 saturated carbocycles. The van der Waals surface area contributed by atoms with Crippen molar-refractivity contribution in [3.8, 4) is 0 Å². The molecule has 0 aliphatic rings. The quantitative estimate of drug-likeness (QED) is 0.615. The van der Waals surface area contributed by atoms with Crippen LogP contribution in [0, 0.1) is 0 Å². The molecule has 0 saturated heterocycles. The summed E-state index contributed by atoms with van der Waals surface area (Å²) in [6.45, 7) is 1.80. The van der Waals surface area contributed by atoms with E-state index in [1.54, 1.807) is 6.92 Å². The third kappa shape index (κ3) is 3.96. The Morgan fingerprint density at radius 1 is 0.760 bits per heavy atom. The highest BCUT2D eigenvalue weighted by atomic mass is 16.4. The Bertz CT molecular complexity index is 829. The van der Waals surface area contributed by atoms with Gasteiger partial charge in [0.15, 0.2) is 0 Å². The minimum absolute atomic E-state index is 0.727. The molecule has 0 amide bonds. The molecule has 0 fully saturated rings. The maximum Gasteiger partial charge on any atom is 0.328 e. The van der Waals surface area contributed by atoms with Crippen molar-refractivity contribution in [1.29, 1.82) is 0 Å². The van der Waals surface area contributed by atoms with Gasteiger partial charge in [0.1, 0.15) is 0 Å². The van der Waals surface area contributed by atoms with E-state index in [1.807, 2.05) is 60.7 Å². The minimum Gasteiger partial charge on any atom is -0.478 e. The molecule has 0 unspecified atom stereocenters. The molecule has 0 bridgehead atoms. The summed E-state index contributed by atoms with van der Waals surface area (Å²) in [5, 5.41) is 8.90. The lowest BCUT2D eigenvalue weighted by atomic mass is 10.1. The molecular formula is C22H19NO2. The zero-order chi connectivity index (χ0) is 17.6. The van der Waals surface area contributed by atoms with Crippen molar-refractivity contribution in [2.45, 2.75) is 6.92 Å². The highest BCUT2D eigenvalue weighted by Crippen LogP contribution is 2.34. The van der Waals surface area contributed by atoms with Gasteiger partial charge in [0, 0.05) is 23.1 Å². The number of nitrogens with zero attached hydrogens (tertiary/aromatic N) is 1. The number of carbonyl (C=O) groups is 1. The number of allylic oxidation sites excluding steroid dienone is 1. The maximum atomic E-state index is 10.8. The average molecular weight is 329 g/mol. The van der Waals surface area contributed by atoms with Gasteiger partial charge in [-0.25, -0.2) is 4.79 Å². The summed E-state index contributed by atoms with van der Waals surface area (Å²) < 4.78 is 0. The molecule has 3 aromatic carbocycles. The van der Waals surface area contributed by atoms with E-state index < -0.39 is 5.97 Å². The molecular weight excluding hydrogens is 310 g/mol. The van der Waals surface area contributed by atoms with Gasteiger partial charge in [-0.05, 0) is 54.5 Å². The van der Waals surface area contributed by atoms with E-state index in [2.05, 4.69) is 29.2 Å². The van der Waals surface area contributed by atoms with Crippen LogP contribution in [0.2, 0.25) is 0 Å². The van der Waals surface area contributed by atoms with Crippen LogP contribution in [0.25, 0.3) is 5.57 Å². The Kier molecular flexibility index (Phi) is 4.95. The number of para-hydroxylation sites is 2. The second kappa shape index (κ2) is 7.49. The fourth-order valence-corrected chi connectivity index (χ4v) is 2.74. The molecule has 0 aliphatic heterocycles. The van der Waals surface area contributed by atoms with E-state index in [0.29, 0.717) is 0 Å². The van der Waals surface area contributed by atoms with Crippen molar-refractivity contribution in [1.82, 2.24) is 0 Å². The Labute approximate surface area is 147 Å². The summed E-state index contributed by atoms with van der Waals surface area (Å²) in [7, 11) is 0. The van der Waals surface area contributed by atoms with Gasteiger partial charge in [0.2, 0.25) is 0 Å². The van der Waals surface area contributed by atoms with Crippen LogP contribution in [0.1, 0.15) is 12.5 Å². The van der Waals surface area contributed by atoms with Crippen LogP contribution in [0.4, 0.5) is 17.1 Å². The zero-order valence-corrected chi connectivity index (χ0v) is 14.0. The molecule has 0 aromatic heterocycles. The van der Waals surface area contributed by atoms with E-state index in [0.717, 1.165) is 28.2 Å². The highest BCUT2D eigenvalue weighted by Gasteiger charge is 2.11. The van der Waals surface area contributed by atoms with Crippen LogP contribution in [-0.2, 0) is 4.79 Å². The number of rotatable bonds is 5. The molecule has 0 heterocycles. The van der Waals surface area contributed by atoms with Gasteiger partial charge in [0.05, 0.1) is 0 Å². The highest BCUT2D eigenvalue weighted by molar-refractivity contribution is 5.89. The van der Waals surface area contributed by atoms with E-state index >= 15 is 0 Å². The van der Waals surface area contributed by atoms with Crippen LogP contribution in [0.15, 0.2) is 91.0 Å². The lowest BCUT2D eigenvalue weighted by Crippen LogP contribution is -2.09. The van der Waals surface area contributed by atoms with Crippen LogP contribution in [0.3, 0.4) is 0 Å². The molecule has 0 radical (unpaired) electrons. The van der Waals surface area contributed by atoms with Crippen LogP contribution in [-0.4, -0.2) is 11.1 Å². The molecule has 0 atom stereocenters. The Hall–Kier alpha value is -3.33. The van der Waals surface area contributed by atoms with Crippen LogP contribution < -0.4 is 4.90 Å². The first-order valence-corrected chi connectivity index (χ1v) is 8.07. The van der Waals surface area contributed by atoms with Crippen molar-refractivity contribution in [2.75, 3.05) is 4.90 Å². The SMILES string of the molecule is CC(=CC(=O)O)c1ccc(N(c2ccccc2)c2ccccc2)cc1. The predicted molar refractivity (Wildman–Crippen MR) is 102 cm³/mol. The zero-order valence-electron chi connectivity index (χ0n) is 14.0. The van der Waals surface area contributed by atoms with Gasteiger partial charge < -0.3 is 10.0 Å². The first-order chi connectivity index (χ1) is 12.1. The third-order valence-electron chi connectivity index (χ3n) is 3.95. The minimum atomic E-state index is -0.934. The van der Waals surface area contributed by atoms with Crippen LogP contribution >= 0.6 is 0 Å². The first-order valence-electron chi connectivity index (χ1n) is 8.07. The number of benzene rings is 3. The fraction of sp³-hybridized carbons (Fsp3) is 0.0455. The number of hydrogen-bond donors (Lipinski definition) is 1. The van der Waals surface area contributed by atoms with Crippen LogP contribution in [0.5, 0.6) is 0 Å². The number of carboxylic acids is 1. The lowest BCUT2D eigenvalue weighted by Gasteiger charge is -2.25. The summed E-state index contributed by atoms with van der Waals surface area (Å²) in [5.74, 6) is -0.934. The summed E-state index contributed by atoms with van der Waals surface area (Å²) >= 11 is 0. The fourth-order valence-electron chi connectivity index (χ4n) is 2.74. The van der Waals surface area contributed by atoms with Gasteiger partial charge in [-0.3, -0.25) is 0 Å². The second-order valence-corrected chi connectivity index (χ2v) is 5.72. The van der Waals surface area contributed by atoms with E-state index in [-0.39, 0.29) is 0 Å².